The fraction of sp³-hybridized carbons (Fsp3) is 0.200. The molecular formula is C25H21F3N4O3S. The summed E-state index contributed by atoms with van der Waals surface area (Å²) in [5.74, 6) is 0.976. The minimum atomic E-state index is -4.31. The van der Waals surface area contributed by atoms with E-state index in [-0.39, 0.29) is 29.0 Å². The Hall–Kier alpha value is -3.86. The smallest absolute Gasteiger partial charge is 0.446 e. The molecule has 186 valence electrons. The number of benzene rings is 2. The van der Waals surface area contributed by atoms with Crippen molar-refractivity contribution in [3.05, 3.63) is 89.9 Å². The van der Waals surface area contributed by atoms with E-state index in [1.165, 1.54) is 18.4 Å². The SMILES string of the molecule is O=C(CCCn1ccnn1)c1ccc(OCc2coc(/C=C/c3ccc(SC(F)(F)F)cc3)n2)cc1. The van der Waals surface area contributed by atoms with Gasteiger partial charge in [0.2, 0.25) is 5.89 Å². The Balaban J connectivity index is 1.23. The highest BCUT2D eigenvalue weighted by Gasteiger charge is 2.28. The number of aryl methyl sites for hydroxylation is 1. The molecular weight excluding hydrogens is 493 g/mol. The van der Waals surface area contributed by atoms with Gasteiger partial charge in [0.1, 0.15) is 24.3 Å². The van der Waals surface area contributed by atoms with E-state index >= 15 is 0 Å². The average molecular weight is 515 g/mol. The van der Waals surface area contributed by atoms with Crippen LogP contribution in [-0.4, -0.2) is 31.3 Å². The van der Waals surface area contributed by atoms with Crippen molar-refractivity contribution in [3.63, 3.8) is 0 Å². The zero-order valence-electron chi connectivity index (χ0n) is 18.9. The molecule has 0 aliphatic carbocycles. The number of nitrogens with zero attached hydrogens (tertiary/aromatic N) is 4. The topological polar surface area (TPSA) is 83.0 Å². The third-order valence-electron chi connectivity index (χ3n) is 4.93. The highest BCUT2D eigenvalue weighted by molar-refractivity contribution is 8.00. The summed E-state index contributed by atoms with van der Waals surface area (Å²) in [6.07, 6.45) is 9.22. The average Bonchev–Trinajstić information content (AvgIpc) is 3.54. The van der Waals surface area contributed by atoms with Gasteiger partial charge in [-0.25, -0.2) is 4.98 Å². The maximum absolute atomic E-state index is 12.4. The summed E-state index contributed by atoms with van der Waals surface area (Å²) in [5.41, 5.74) is -2.42. The predicted molar refractivity (Wildman–Crippen MR) is 128 cm³/mol. The van der Waals surface area contributed by atoms with Crippen molar-refractivity contribution in [1.29, 1.82) is 0 Å². The Morgan fingerprint density at radius 3 is 2.56 bits per heavy atom. The lowest BCUT2D eigenvalue weighted by Crippen LogP contribution is -2.04. The number of rotatable bonds is 11. The van der Waals surface area contributed by atoms with Gasteiger partial charge >= 0.3 is 5.51 Å². The van der Waals surface area contributed by atoms with Crippen LogP contribution in [0.3, 0.4) is 0 Å². The number of oxazole rings is 1. The molecule has 36 heavy (non-hydrogen) atoms. The van der Waals surface area contributed by atoms with Crippen molar-refractivity contribution < 1.29 is 27.1 Å². The van der Waals surface area contributed by atoms with Gasteiger partial charge < -0.3 is 9.15 Å². The molecule has 2 aromatic heterocycles. The Kier molecular flexibility index (Phi) is 8.21. The van der Waals surface area contributed by atoms with Crippen LogP contribution in [0.5, 0.6) is 5.75 Å². The number of aromatic nitrogens is 4. The molecule has 0 aliphatic rings. The second-order valence-corrected chi connectivity index (χ2v) is 8.77. The first-order valence-corrected chi connectivity index (χ1v) is 11.7. The van der Waals surface area contributed by atoms with Crippen molar-refractivity contribution in [1.82, 2.24) is 20.0 Å². The maximum atomic E-state index is 12.4. The van der Waals surface area contributed by atoms with Gasteiger partial charge in [-0.3, -0.25) is 9.48 Å². The maximum Gasteiger partial charge on any atom is 0.446 e. The number of ether oxygens (including phenoxy) is 1. The molecule has 0 bridgehead atoms. The zero-order chi connectivity index (χ0) is 25.4. The largest absolute Gasteiger partial charge is 0.487 e. The first-order chi connectivity index (χ1) is 17.3. The Bertz CT molecular complexity index is 1290. The fourth-order valence-electron chi connectivity index (χ4n) is 3.21. The molecule has 2 aromatic carbocycles. The highest BCUT2D eigenvalue weighted by Crippen LogP contribution is 2.36. The van der Waals surface area contributed by atoms with E-state index in [2.05, 4.69) is 15.3 Å². The van der Waals surface area contributed by atoms with Crippen LogP contribution in [0, 0.1) is 0 Å². The standard InChI is InChI=1S/C25H21F3N4O3S/c26-25(27,28)36-22-10-3-18(4-11-22)5-12-24-30-20(17-35-24)16-34-21-8-6-19(7-9-21)23(33)2-1-14-32-15-13-29-31-32/h3-13,15,17H,1-2,14,16H2/b12-5+. The van der Waals surface area contributed by atoms with Crippen molar-refractivity contribution in [2.45, 2.75) is 36.4 Å². The van der Waals surface area contributed by atoms with E-state index in [0.717, 1.165) is 0 Å². The number of thioether (sulfide) groups is 1. The van der Waals surface area contributed by atoms with Gasteiger partial charge in [-0.05, 0) is 66.2 Å². The summed E-state index contributed by atoms with van der Waals surface area (Å²) < 4.78 is 50.0. The summed E-state index contributed by atoms with van der Waals surface area (Å²) in [7, 11) is 0. The van der Waals surface area contributed by atoms with Crippen LogP contribution < -0.4 is 4.74 Å². The summed E-state index contributed by atoms with van der Waals surface area (Å²) >= 11 is -0.155. The first-order valence-electron chi connectivity index (χ1n) is 10.9. The lowest BCUT2D eigenvalue weighted by molar-refractivity contribution is -0.0328. The molecule has 0 unspecified atom stereocenters. The zero-order valence-corrected chi connectivity index (χ0v) is 19.7. The van der Waals surface area contributed by atoms with Crippen LogP contribution >= 0.6 is 11.8 Å². The number of carbonyl (C=O) groups excluding carboxylic acids is 1. The number of alkyl halides is 3. The molecule has 2 heterocycles. The summed E-state index contributed by atoms with van der Waals surface area (Å²) in [6, 6.07) is 12.9. The molecule has 0 saturated heterocycles. The Labute approximate surface area is 209 Å². The summed E-state index contributed by atoms with van der Waals surface area (Å²) in [6.45, 7) is 0.807. The molecule has 0 spiro atoms. The van der Waals surface area contributed by atoms with Crippen LogP contribution in [0.15, 0.2) is 76.5 Å². The monoisotopic (exact) mass is 514 g/mol. The van der Waals surface area contributed by atoms with Crippen LogP contribution in [0.1, 0.15) is 40.3 Å². The number of Topliss-reactive ketones (excluding diaryl/α,β-unsaturated/α-hetero) is 1. The first kappa shape index (κ1) is 25.2. The quantitative estimate of drug-likeness (QED) is 0.172. The Morgan fingerprint density at radius 1 is 1.08 bits per heavy atom. The number of hydrogen-bond donors (Lipinski definition) is 0. The molecule has 11 heteroatoms. The second-order valence-electron chi connectivity index (χ2n) is 7.63. The number of carbonyl (C=O) groups is 1. The van der Waals surface area contributed by atoms with Gasteiger partial charge in [0.05, 0.1) is 6.20 Å². The van der Waals surface area contributed by atoms with Crippen LogP contribution in [0.25, 0.3) is 12.2 Å². The van der Waals surface area contributed by atoms with Gasteiger partial charge in [0, 0.05) is 35.7 Å². The van der Waals surface area contributed by atoms with E-state index < -0.39 is 5.51 Å². The molecule has 0 aliphatic heterocycles. The molecule has 0 saturated carbocycles. The molecule has 0 N–H and O–H groups in total. The summed E-state index contributed by atoms with van der Waals surface area (Å²) in [4.78, 5) is 16.8. The van der Waals surface area contributed by atoms with Crippen molar-refractivity contribution in [2.75, 3.05) is 0 Å². The van der Waals surface area contributed by atoms with E-state index in [4.69, 9.17) is 9.15 Å². The minimum absolute atomic E-state index is 0.0448. The highest BCUT2D eigenvalue weighted by atomic mass is 32.2. The van der Waals surface area contributed by atoms with Crippen molar-refractivity contribution in [2.24, 2.45) is 0 Å². The molecule has 0 fully saturated rings. The second kappa shape index (κ2) is 11.7. The molecule has 7 nitrogen and oxygen atoms in total. The number of hydrogen-bond acceptors (Lipinski definition) is 7. The van der Waals surface area contributed by atoms with Gasteiger partial charge in [0.15, 0.2) is 5.78 Å². The lowest BCUT2D eigenvalue weighted by atomic mass is 10.1. The van der Waals surface area contributed by atoms with Crippen molar-refractivity contribution >= 4 is 29.7 Å². The Morgan fingerprint density at radius 2 is 1.86 bits per heavy atom. The molecule has 4 aromatic rings. The normalized spacial score (nSPS) is 11.8. The number of halogens is 3. The fourth-order valence-corrected chi connectivity index (χ4v) is 3.75. The third kappa shape index (κ3) is 7.84. The molecule has 4 rings (SSSR count). The van der Waals surface area contributed by atoms with E-state index in [1.54, 1.807) is 65.6 Å². The molecule has 0 atom stereocenters. The van der Waals surface area contributed by atoms with E-state index in [0.29, 0.717) is 47.8 Å². The molecule has 0 radical (unpaired) electrons. The van der Waals surface area contributed by atoms with Gasteiger partial charge in [-0.15, -0.1) is 5.10 Å². The summed E-state index contributed by atoms with van der Waals surface area (Å²) in [5, 5.41) is 7.60. The molecule has 0 amide bonds. The van der Waals surface area contributed by atoms with E-state index in [9.17, 15) is 18.0 Å². The van der Waals surface area contributed by atoms with Crippen LogP contribution in [0.4, 0.5) is 13.2 Å². The lowest BCUT2D eigenvalue weighted by Gasteiger charge is -2.05. The van der Waals surface area contributed by atoms with Crippen LogP contribution in [0.2, 0.25) is 0 Å². The van der Waals surface area contributed by atoms with Gasteiger partial charge in [-0.1, -0.05) is 17.3 Å². The minimum Gasteiger partial charge on any atom is -0.487 e. The van der Waals surface area contributed by atoms with Crippen LogP contribution in [-0.2, 0) is 13.2 Å². The van der Waals surface area contributed by atoms with Gasteiger partial charge in [0.25, 0.3) is 0 Å². The third-order valence-corrected chi connectivity index (χ3v) is 5.67. The van der Waals surface area contributed by atoms with E-state index in [1.807, 2.05) is 0 Å². The van der Waals surface area contributed by atoms with Crippen molar-refractivity contribution in [3.8, 4) is 5.75 Å². The van der Waals surface area contributed by atoms with Gasteiger partial charge in [-0.2, -0.15) is 13.2 Å². The predicted octanol–water partition coefficient (Wildman–Crippen LogP) is 6.29. The number of ketones is 1.